The number of halogens is 1. The number of hydrogen-bond donors (Lipinski definition) is 1. The molecule has 0 aliphatic heterocycles. The summed E-state index contributed by atoms with van der Waals surface area (Å²) in [6, 6.07) is 3.24. The van der Waals surface area contributed by atoms with E-state index < -0.39 is 0 Å². The lowest BCUT2D eigenvalue weighted by molar-refractivity contribution is -0.134. The maximum absolute atomic E-state index is 13.7. The summed E-state index contributed by atoms with van der Waals surface area (Å²) in [5.41, 5.74) is 2.96. The molecular formula is C20H23FN2O2S. The third-order valence-electron chi connectivity index (χ3n) is 6.39. The quantitative estimate of drug-likeness (QED) is 0.869. The number of ether oxygens (including phenoxy) is 1. The molecule has 1 N–H and O–H groups in total. The van der Waals surface area contributed by atoms with Gasteiger partial charge in [0.15, 0.2) is 0 Å². The molecule has 3 fully saturated rings. The van der Waals surface area contributed by atoms with Gasteiger partial charge in [0.25, 0.3) is 0 Å². The number of nitrogens with zero attached hydrogens (tertiary/aromatic N) is 1. The molecule has 6 heteroatoms. The van der Waals surface area contributed by atoms with Gasteiger partial charge in [0.2, 0.25) is 5.91 Å². The van der Waals surface area contributed by atoms with Gasteiger partial charge in [0.05, 0.1) is 10.2 Å². The lowest BCUT2D eigenvalue weighted by Crippen LogP contribution is -2.57. The first-order valence-electron chi connectivity index (χ1n) is 9.49. The predicted octanol–water partition coefficient (Wildman–Crippen LogP) is 4.29. The fourth-order valence-corrected chi connectivity index (χ4v) is 5.92. The van der Waals surface area contributed by atoms with Crippen LogP contribution in [0.1, 0.15) is 45.4 Å². The number of fused-ring (bicyclic) bond motifs is 1. The van der Waals surface area contributed by atoms with Crippen molar-refractivity contribution < 1.29 is 13.9 Å². The summed E-state index contributed by atoms with van der Waals surface area (Å²) in [6.45, 7) is 2.31. The summed E-state index contributed by atoms with van der Waals surface area (Å²) in [7, 11) is 0. The number of benzene rings is 1. The summed E-state index contributed by atoms with van der Waals surface area (Å²) in [6.07, 6.45) is 6.33. The molecule has 138 valence electrons. The average molecular weight is 374 g/mol. The lowest BCUT2D eigenvalue weighted by atomic mass is 9.50. The second kappa shape index (κ2) is 5.91. The van der Waals surface area contributed by atoms with Crippen molar-refractivity contribution >= 4 is 27.5 Å². The van der Waals surface area contributed by atoms with Gasteiger partial charge >= 0.3 is 0 Å². The van der Waals surface area contributed by atoms with Gasteiger partial charge in [-0.05, 0) is 55.9 Å². The van der Waals surface area contributed by atoms with Crippen molar-refractivity contribution in [1.29, 1.82) is 0 Å². The summed E-state index contributed by atoms with van der Waals surface area (Å²) in [5.74, 6) is 1.23. The van der Waals surface area contributed by atoms with Gasteiger partial charge in [-0.3, -0.25) is 4.79 Å². The van der Waals surface area contributed by atoms with Gasteiger partial charge in [-0.25, -0.2) is 9.37 Å². The van der Waals surface area contributed by atoms with Crippen molar-refractivity contribution in [3.63, 3.8) is 0 Å². The maximum atomic E-state index is 13.7. The highest BCUT2D eigenvalue weighted by Gasteiger charge is 2.52. The van der Waals surface area contributed by atoms with Crippen LogP contribution in [-0.4, -0.2) is 23.0 Å². The Morgan fingerprint density at radius 1 is 1.31 bits per heavy atom. The summed E-state index contributed by atoms with van der Waals surface area (Å²) < 4.78 is 20.4. The molecule has 1 spiro atoms. The van der Waals surface area contributed by atoms with Crippen LogP contribution < -0.4 is 10.1 Å². The van der Waals surface area contributed by atoms with Crippen LogP contribution in [0.15, 0.2) is 17.6 Å². The van der Waals surface area contributed by atoms with Gasteiger partial charge in [-0.15, -0.1) is 11.3 Å². The highest BCUT2D eigenvalue weighted by molar-refractivity contribution is 7.16. The van der Waals surface area contributed by atoms with E-state index in [0.717, 1.165) is 23.5 Å². The fourth-order valence-electron chi connectivity index (χ4n) is 5.21. The van der Waals surface area contributed by atoms with Gasteiger partial charge < -0.3 is 10.1 Å². The number of amides is 1. The Morgan fingerprint density at radius 2 is 2.08 bits per heavy atom. The molecule has 0 bridgehead atoms. The zero-order valence-corrected chi connectivity index (χ0v) is 15.7. The van der Waals surface area contributed by atoms with Gasteiger partial charge in [-0.1, -0.05) is 6.92 Å². The zero-order chi connectivity index (χ0) is 17.9. The Bertz CT molecular complexity index is 847. The van der Waals surface area contributed by atoms with Crippen molar-refractivity contribution in [2.45, 2.75) is 57.6 Å². The highest BCUT2D eigenvalue weighted by atomic mass is 32.1. The van der Waals surface area contributed by atoms with Crippen LogP contribution in [0.3, 0.4) is 0 Å². The Balaban J connectivity index is 1.12. The summed E-state index contributed by atoms with van der Waals surface area (Å²) in [4.78, 5) is 16.7. The summed E-state index contributed by atoms with van der Waals surface area (Å²) in [5, 5.41) is 3.21. The van der Waals surface area contributed by atoms with E-state index in [1.807, 2.05) is 0 Å². The molecule has 3 aliphatic rings. The molecule has 1 amide bonds. The second-order valence-electron chi connectivity index (χ2n) is 8.64. The van der Waals surface area contributed by atoms with Crippen molar-refractivity contribution in [2.75, 3.05) is 0 Å². The molecule has 1 aromatic heterocycles. The molecule has 26 heavy (non-hydrogen) atoms. The predicted molar refractivity (Wildman–Crippen MR) is 98.7 cm³/mol. The standard InChI is InChI=1S/C20H23FN2O2S/c1-11-6-20(7-11)8-14(9-20)23-19(24)12-2-15(3-12)25-16-4-13(21)5-17-18(16)22-10-26-17/h4-5,10-12,14-15H,2-3,6-9H2,1H3,(H,23,24)/t11?,12-,14?,15-,20?. The van der Waals surface area contributed by atoms with Crippen molar-refractivity contribution in [3.8, 4) is 5.75 Å². The van der Waals surface area contributed by atoms with Crippen molar-refractivity contribution in [2.24, 2.45) is 17.3 Å². The molecule has 3 saturated carbocycles. The first-order valence-corrected chi connectivity index (χ1v) is 10.4. The van der Waals surface area contributed by atoms with Crippen molar-refractivity contribution in [1.82, 2.24) is 10.3 Å². The van der Waals surface area contributed by atoms with E-state index >= 15 is 0 Å². The van der Waals surface area contributed by atoms with E-state index in [0.29, 0.717) is 35.6 Å². The number of nitrogens with one attached hydrogen (secondary N) is 1. The number of rotatable bonds is 4. The number of aromatic nitrogens is 1. The normalized spacial score (nSPS) is 35.5. The second-order valence-corrected chi connectivity index (χ2v) is 9.52. The van der Waals surface area contributed by atoms with Crippen molar-refractivity contribution in [3.05, 3.63) is 23.5 Å². The fraction of sp³-hybridized carbons (Fsp3) is 0.600. The largest absolute Gasteiger partial charge is 0.488 e. The minimum atomic E-state index is -0.311. The Kier molecular flexibility index (Phi) is 3.75. The van der Waals surface area contributed by atoms with E-state index in [1.54, 1.807) is 5.51 Å². The minimum absolute atomic E-state index is 0.0244. The third-order valence-corrected chi connectivity index (χ3v) is 7.17. The van der Waals surface area contributed by atoms with E-state index in [1.165, 1.54) is 36.3 Å². The minimum Gasteiger partial charge on any atom is -0.488 e. The Morgan fingerprint density at radius 3 is 2.81 bits per heavy atom. The number of carbonyl (C=O) groups excluding carboxylic acids is 1. The van der Waals surface area contributed by atoms with Gasteiger partial charge in [0, 0.05) is 18.0 Å². The van der Waals surface area contributed by atoms with Crippen LogP contribution in [0.2, 0.25) is 0 Å². The third kappa shape index (κ3) is 2.79. The van der Waals surface area contributed by atoms with Crippen LogP contribution in [-0.2, 0) is 4.79 Å². The molecule has 5 rings (SSSR count). The van der Waals surface area contributed by atoms with Crippen LogP contribution in [0.4, 0.5) is 4.39 Å². The molecule has 1 aromatic carbocycles. The first kappa shape index (κ1) is 16.5. The van der Waals surface area contributed by atoms with E-state index in [-0.39, 0.29) is 23.7 Å². The molecule has 1 heterocycles. The molecule has 0 atom stereocenters. The monoisotopic (exact) mass is 374 g/mol. The van der Waals surface area contributed by atoms with Gasteiger partial charge in [-0.2, -0.15) is 0 Å². The van der Waals surface area contributed by atoms with Crippen LogP contribution in [0.5, 0.6) is 5.75 Å². The van der Waals surface area contributed by atoms with E-state index in [9.17, 15) is 9.18 Å². The number of hydrogen-bond acceptors (Lipinski definition) is 4. The highest BCUT2D eigenvalue weighted by Crippen LogP contribution is 2.58. The van der Waals surface area contributed by atoms with Crippen LogP contribution in [0.25, 0.3) is 10.2 Å². The number of thiazole rings is 1. The van der Waals surface area contributed by atoms with E-state index in [2.05, 4.69) is 17.2 Å². The van der Waals surface area contributed by atoms with Gasteiger partial charge in [0.1, 0.15) is 23.2 Å². The topological polar surface area (TPSA) is 51.2 Å². The molecular weight excluding hydrogens is 351 g/mol. The molecule has 0 saturated heterocycles. The Labute approximate surface area is 156 Å². The average Bonchev–Trinajstić information content (AvgIpc) is 2.94. The Hall–Kier alpha value is -1.69. The molecule has 0 radical (unpaired) electrons. The molecule has 4 nitrogen and oxygen atoms in total. The van der Waals surface area contributed by atoms with Crippen LogP contribution in [0, 0.1) is 23.1 Å². The number of carbonyl (C=O) groups is 1. The first-order chi connectivity index (χ1) is 12.5. The molecule has 2 aromatic rings. The smallest absolute Gasteiger partial charge is 0.223 e. The summed E-state index contributed by atoms with van der Waals surface area (Å²) >= 11 is 1.40. The lowest BCUT2D eigenvalue weighted by Gasteiger charge is -2.57. The van der Waals surface area contributed by atoms with E-state index in [4.69, 9.17) is 4.74 Å². The SMILES string of the molecule is CC1CC2(C1)CC(NC(=O)[C@H]1C[C@H](Oc3cc(F)cc4scnc34)C1)C2. The molecule has 0 unspecified atom stereocenters. The van der Waals surface area contributed by atoms with Crippen LogP contribution >= 0.6 is 11.3 Å². The zero-order valence-electron chi connectivity index (χ0n) is 14.8. The maximum Gasteiger partial charge on any atom is 0.223 e. The molecule has 3 aliphatic carbocycles.